The number of ether oxygens (including phenoxy) is 1. The lowest BCUT2D eigenvalue weighted by Gasteiger charge is -2.36. The van der Waals surface area contributed by atoms with Crippen LogP contribution in [0.3, 0.4) is 0 Å². The Labute approximate surface area is 119 Å². The van der Waals surface area contributed by atoms with Gasteiger partial charge in [-0.3, -0.25) is 0 Å². The van der Waals surface area contributed by atoms with Crippen molar-refractivity contribution in [3.8, 4) is 5.75 Å². The van der Waals surface area contributed by atoms with E-state index in [1.54, 1.807) is 7.11 Å². The smallest absolute Gasteiger partial charge is 0.122 e. The van der Waals surface area contributed by atoms with E-state index in [0.717, 1.165) is 11.1 Å². The van der Waals surface area contributed by atoms with Gasteiger partial charge < -0.3 is 4.74 Å². The standard InChI is InChI=1S/C16H23BrO/c1-12-14-7-9-16(2,8-4-10-17)11-13(14)5-6-15(12)18-3/h5-6H,4,7-11H2,1-3H3. The average Bonchev–Trinajstić information content (AvgIpc) is 2.37. The van der Waals surface area contributed by atoms with E-state index in [1.165, 1.54) is 48.8 Å². The second-order valence-electron chi connectivity index (χ2n) is 5.81. The third-order valence-electron chi connectivity index (χ3n) is 4.38. The predicted molar refractivity (Wildman–Crippen MR) is 80.9 cm³/mol. The van der Waals surface area contributed by atoms with Crippen LogP contribution in [0.15, 0.2) is 12.1 Å². The van der Waals surface area contributed by atoms with Gasteiger partial charge in [-0.25, -0.2) is 0 Å². The van der Waals surface area contributed by atoms with E-state index in [4.69, 9.17) is 4.74 Å². The number of benzene rings is 1. The van der Waals surface area contributed by atoms with Crippen molar-refractivity contribution >= 4 is 15.9 Å². The number of halogens is 1. The third-order valence-corrected chi connectivity index (χ3v) is 4.94. The highest BCUT2D eigenvalue weighted by atomic mass is 79.9. The Kier molecular flexibility index (Phi) is 4.37. The molecule has 1 aromatic carbocycles. The van der Waals surface area contributed by atoms with Crippen molar-refractivity contribution in [3.05, 3.63) is 28.8 Å². The molecule has 0 fully saturated rings. The molecule has 0 aromatic heterocycles. The summed E-state index contributed by atoms with van der Waals surface area (Å²) in [5.74, 6) is 1.04. The Bertz CT molecular complexity index is 427. The van der Waals surface area contributed by atoms with Gasteiger partial charge in [0.05, 0.1) is 7.11 Å². The maximum Gasteiger partial charge on any atom is 0.122 e. The summed E-state index contributed by atoms with van der Waals surface area (Å²) in [6.07, 6.45) is 6.34. The fourth-order valence-electron chi connectivity index (χ4n) is 3.21. The Morgan fingerprint density at radius 1 is 1.39 bits per heavy atom. The molecule has 1 nitrogen and oxygen atoms in total. The van der Waals surface area contributed by atoms with E-state index in [9.17, 15) is 0 Å². The second kappa shape index (κ2) is 5.64. The monoisotopic (exact) mass is 310 g/mol. The fourth-order valence-corrected chi connectivity index (χ4v) is 3.49. The van der Waals surface area contributed by atoms with Gasteiger partial charge in [-0.15, -0.1) is 0 Å². The number of hydrogen-bond donors (Lipinski definition) is 0. The SMILES string of the molecule is COc1ccc2c(c1C)CCC(C)(CCCBr)C2. The Morgan fingerprint density at radius 2 is 2.17 bits per heavy atom. The van der Waals surface area contributed by atoms with E-state index in [2.05, 4.69) is 41.9 Å². The van der Waals surface area contributed by atoms with Gasteiger partial charge in [-0.2, -0.15) is 0 Å². The molecular weight excluding hydrogens is 288 g/mol. The summed E-state index contributed by atoms with van der Waals surface area (Å²) in [4.78, 5) is 0. The topological polar surface area (TPSA) is 9.23 Å². The van der Waals surface area contributed by atoms with Crippen LogP contribution in [0.4, 0.5) is 0 Å². The summed E-state index contributed by atoms with van der Waals surface area (Å²) >= 11 is 3.55. The zero-order valence-corrected chi connectivity index (χ0v) is 13.3. The molecule has 1 aliphatic carbocycles. The Morgan fingerprint density at radius 3 is 2.83 bits per heavy atom. The Balaban J connectivity index is 2.23. The van der Waals surface area contributed by atoms with Gasteiger partial charge in [0.25, 0.3) is 0 Å². The average molecular weight is 311 g/mol. The van der Waals surface area contributed by atoms with Gasteiger partial charge in [-0.05, 0) is 67.2 Å². The number of methoxy groups -OCH3 is 1. The quantitative estimate of drug-likeness (QED) is 0.734. The summed E-state index contributed by atoms with van der Waals surface area (Å²) in [5.41, 5.74) is 4.90. The molecule has 2 rings (SSSR count). The summed E-state index contributed by atoms with van der Waals surface area (Å²) in [5, 5.41) is 1.12. The van der Waals surface area contributed by atoms with Crippen molar-refractivity contribution in [3.63, 3.8) is 0 Å². The van der Waals surface area contributed by atoms with Crippen LogP contribution in [0.2, 0.25) is 0 Å². The largest absolute Gasteiger partial charge is 0.496 e. The molecule has 1 unspecified atom stereocenters. The first-order chi connectivity index (χ1) is 8.59. The summed E-state index contributed by atoms with van der Waals surface area (Å²) in [6, 6.07) is 4.40. The zero-order chi connectivity index (χ0) is 13.2. The first-order valence-electron chi connectivity index (χ1n) is 6.81. The molecule has 0 bridgehead atoms. The van der Waals surface area contributed by atoms with Crippen LogP contribution in [0.1, 0.15) is 42.9 Å². The highest BCUT2D eigenvalue weighted by Crippen LogP contribution is 2.41. The summed E-state index contributed by atoms with van der Waals surface area (Å²) in [7, 11) is 1.76. The Hall–Kier alpha value is -0.500. The van der Waals surface area contributed by atoms with E-state index < -0.39 is 0 Å². The molecule has 1 aliphatic rings. The molecule has 0 N–H and O–H groups in total. The van der Waals surface area contributed by atoms with Crippen LogP contribution in [-0.2, 0) is 12.8 Å². The highest BCUT2D eigenvalue weighted by Gasteiger charge is 2.30. The van der Waals surface area contributed by atoms with Crippen LogP contribution >= 0.6 is 15.9 Å². The third kappa shape index (κ3) is 2.74. The molecule has 0 heterocycles. The lowest BCUT2D eigenvalue weighted by molar-refractivity contribution is 0.253. The van der Waals surface area contributed by atoms with Gasteiger partial charge in [0.1, 0.15) is 5.75 Å². The predicted octanol–water partition coefficient (Wildman–Crippen LogP) is 4.67. The fraction of sp³-hybridized carbons (Fsp3) is 0.625. The molecule has 0 saturated carbocycles. The van der Waals surface area contributed by atoms with Crippen molar-refractivity contribution in [2.24, 2.45) is 5.41 Å². The van der Waals surface area contributed by atoms with E-state index >= 15 is 0 Å². The normalized spacial score (nSPS) is 22.7. The number of alkyl halides is 1. The molecule has 1 atom stereocenters. The van der Waals surface area contributed by atoms with Crippen LogP contribution in [0, 0.1) is 12.3 Å². The lowest BCUT2D eigenvalue weighted by atomic mass is 9.70. The second-order valence-corrected chi connectivity index (χ2v) is 6.60. The van der Waals surface area contributed by atoms with Crippen molar-refractivity contribution in [2.75, 3.05) is 12.4 Å². The molecule has 0 aliphatic heterocycles. The number of rotatable bonds is 4. The first-order valence-corrected chi connectivity index (χ1v) is 7.93. The van der Waals surface area contributed by atoms with Crippen molar-refractivity contribution in [2.45, 2.75) is 46.0 Å². The van der Waals surface area contributed by atoms with Crippen LogP contribution in [0.25, 0.3) is 0 Å². The van der Waals surface area contributed by atoms with Crippen molar-refractivity contribution in [1.29, 1.82) is 0 Å². The van der Waals surface area contributed by atoms with Gasteiger partial charge in [0.2, 0.25) is 0 Å². The van der Waals surface area contributed by atoms with Crippen LogP contribution in [0.5, 0.6) is 5.75 Å². The first kappa shape index (κ1) is 13.9. The summed E-state index contributed by atoms with van der Waals surface area (Å²) in [6.45, 7) is 4.64. The molecule has 0 amide bonds. The molecule has 0 saturated heterocycles. The summed E-state index contributed by atoms with van der Waals surface area (Å²) < 4.78 is 5.42. The minimum Gasteiger partial charge on any atom is -0.496 e. The molecule has 100 valence electrons. The zero-order valence-electron chi connectivity index (χ0n) is 11.7. The van der Waals surface area contributed by atoms with Crippen molar-refractivity contribution in [1.82, 2.24) is 0 Å². The number of hydrogen-bond acceptors (Lipinski definition) is 1. The van der Waals surface area contributed by atoms with E-state index in [1.807, 2.05) is 0 Å². The van der Waals surface area contributed by atoms with Gasteiger partial charge in [0.15, 0.2) is 0 Å². The minimum atomic E-state index is 0.488. The maximum atomic E-state index is 5.42. The molecular formula is C16H23BrO. The van der Waals surface area contributed by atoms with Gasteiger partial charge >= 0.3 is 0 Å². The molecule has 0 spiro atoms. The van der Waals surface area contributed by atoms with Crippen LogP contribution < -0.4 is 4.74 Å². The minimum absolute atomic E-state index is 0.488. The van der Waals surface area contributed by atoms with Crippen molar-refractivity contribution < 1.29 is 4.74 Å². The maximum absolute atomic E-state index is 5.42. The molecule has 1 aromatic rings. The molecule has 18 heavy (non-hydrogen) atoms. The van der Waals surface area contributed by atoms with Gasteiger partial charge in [-0.1, -0.05) is 28.9 Å². The van der Waals surface area contributed by atoms with E-state index in [-0.39, 0.29) is 0 Å². The van der Waals surface area contributed by atoms with E-state index in [0.29, 0.717) is 5.41 Å². The van der Waals surface area contributed by atoms with Gasteiger partial charge in [0, 0.05) is 5.33 Å². The molecule has 0 radical (unpaired) electrons. The number of fused-ring (bicyclic) bond motifs is 1. The molecule has 2 heteroatoms. The van der Waals surface area contributed by atoms with Crippen LogP contribution in [-0.4, -0.2) is 12.4 Å². The highest BCUT2D eigenvalue weighted by molar-refractivity contribution is 9.09. The lowest BCUT2D eigenvalue weighted by Crippen LogP contribution is -2.26.